The van der Waals surface area contributed by atoms with Gasteiger partial charge in [-0.1, -0.05) is 12.8 Å². The van der Waals surface area contributed by atoms with Crippen molar-refractivity contribution in [3.05, 3.63) is 42.0 Å². The molecule has 2 aromatic heterocycles. The fraction of sp³-hybridized carbons (Fsp3) is 0.381. The van der Waals surface area contributed by atoms with Crippen molar-refractivity contribution in [3.63, 3.8) is 0 Å². The standard InChI is InChI=1S/C21H19F4N5O2S/c1-12(21(23,24)25)29-33(31,32)15-10-27-20(28-11-15)19-17(9-26)16-7-6-13(22)8-18(16)30(19)14-4-2-3-5-14/h6-8,10-12,14,29H,2-5H2,1H3/t12-/m0/s1. The highest BCUT2D eigenvalue weighted by Crippen LogP contribution is 2.40. The van der Waals surface area contributed by atoms with Crippen LogP contribution in [0.1, 0.15) is 44.2 Å². The summed E-state index contributed by atoms with van der Waals surface area (Å²) in [6, 6.07) is 3.87. The van der Waals surface area contributed by atoms with Crippen molar-refractivity contribution < 1.29 is 26.0 Å². The van der Waals surface area contributed by atoms with Crippen LogP contribution < -0.4 is 4.72 Å². The van der Waals surface area contributed by atoms with Crippen LogP contribution in [0, 0.1) is 17.1 Å². The molecular weight excluding hydrogens is 462 g/mol. The molecular formula is C21H19F4N5O2S. The largest absolute Gasteiger partial charge is 0.404 e. The number of aromatic nitrogens is 3. The van der Waals surface area contributed by atoms with Gasteiger partial charge < -0.3 is 4.57 Å². The lowest BCUT2D eigenvalue weighted by Gasteiger charge is -2.18. The van der Waals surface area contributed by atoms with E-state index in [4.69, 9.17) is 0 Å². The molecule has 0 bridgehead atoms. The van der Waals surface area contributed by atoms with Gasteiger partial charge in [0.25, 0.3) is 0 Å². The second-order valence-electron chi connectivity index (χ2n) is 7.93. The van der Waals surface area contributed by atoms with Crippen molar-refractivity contribution in [1.29, 1.82) is 5.26 Å². The highest BCUT2D eigenvalue weighted by atomic mass is 32.2. The minimum absolute atomic E-state index is 0.0206. The van der Waals surface area contributed by atoms with Gasteiger partial charge in [0.05, 0.1) is 23.5 Å². The zero-order valence-corrected chi connectivity index (χ0v) is 18.2. The van der Waals surface area contributed by atoms with Crippen molar-refractivity contribution in [1.82, 2.24) is 19.3 Å². The number of nitrogens with one attached hydrogen (secondary N) is 1. The molecule has 3 aromatic rings. The molecule has 12 heteroatoms. The molecule has 1 aromatic carbocycles. The summed E-state index contributed by atoms with van der Waals surface area (Å²) in [6.45, 7) is 0.686. The van der Waals surface area contributed by atoms with Crippen molar-refractivity contribution in [2.45, 2.75) is 55.8 Å². The van der Waals surface area contributed by atoms with E-state index in [2.05, 4.69) is 16.0 Å². The van der Waals surface area contributed by atoms with Crippen LogP contribution in [0.3, 0.4) is 0 Å². The summed E-state index contributed by atoms with van der Waals surface area (Å²) in [5.74, 6) is -0.444. The topological polar surface area (TPSA) is 101 Å². The van der Waals surface area contributed by atoms with E-state index in [0.717, 1.165) is 38.1 Å². The first-order chi connectivity index (χ1) is 15.5. The maximum atomic E-state index is 14.0. The van der Waals surface area contributed by atoms with Crippen molar-refractivity contribution >= 4 is 20.9 Å². The number of benzene rings is 1. The average molecular weight is 481 g/mol. The van der Waals surface area contributed by atoms with Crippen LogP contribution in [0.15, 0.2) is 35.5 Å². The molecule has 0 spiro atoms. The number of halogens is 4. The van der Waals surface area contributed by atoms with E-state index >= 15 is 0 Å². The van der Waals surface area contributed by atoms with Gasteiger partial charge in [-0.25, -0.2) is 22.8 Å². The van der Waals surface area contributed by atoms with Gasteiger partial charge in [0.15, 0.2) is 5.82 Å². The maximum absolute atomic E-state index is 14.0. The van der Waals surface area contributed by atoms with E-state index in [1.165, 1.54) is 18.2 Å². The monoisotopic (exact) mass is 481 g/mol. The van der Waals surface area contributed by atoms with Gasteiger partial charge in [-0.15, -0.1) is 0 Å². The molecule has 1 saturated carbocycles. The van der Waals surface area contributed by atoms with Crippen LogP contribution in [-0.4, -0.2) is 35.2 Å². The summed E-state index contributed by atoms with van der Waals surface area (Å²) >= 11 is 0. The summed E-state index contributed by atoms with van der Waals surface area (Å²) in [5, 5.41) is 10.4. The van der Waals surface area contributed by atoms with E-state index in [9.17, 15) is 31.2 Å². The molecule has 1 fully saturated rings. The molecule has 1 aliphatic rings. The zero-order valence-electron chi connectivity index (χ0n) is 17.4. The molecule has 1 aliphatic carbocycles. The number of rotatable bonds is 5. The van der Waals surface area contributed by atoms with E-state index in [1.54, 1.807) is 4.72 Å². The first-order valence-electron chi connectivity index (χ1n) is 10.2. The smallest absolute Gasteiger partial charge is 0.334 e. The lowest BCUT2D eigenvalue weighted by molar-refractivity contribution is -0.147. The Morgan fingerprint density at radius 2 is 1.85 bits per heavy atom. The molecule has 1 atom stereocenters. The van der Waals surface area contributed by atoms with Gasteiger partial charge in [-0.3, -0.25) is 0 Å². The fourth-order valence-electron chi connectivity index (χ4n) is 4.10. The van der Waals surface area contributed by atoms with Gasteiger partial charge in [-0.2, -0.15) is 23.2 Å². The Hall–Kier alpha value is -3.04. The summed E-state index contributed by atoms with van der Waals surface area (Å²) in [4.78, 5) is 7.59. The number of alkyl halides is 3. The summed E-state index contributed by atoms with van der Waals surface area (Å²) in [7, 11) is -4.53. The molecule has 33 heavy (non-hydrogen) atoms. The fourth-order valence-corrected chi connectivity index (χ4v) is 5.22. The number of hydrogen-bond donors (Lipinski definition) is 1. The average Bonchev–Trinajstić information content (AvgIpc) is 3.38. The number of hydrogen-bond acceptors (Lipinski definition) is 5. The van der Waals surface area contributed by atoms with Crippen molar-refractivity contribution in [2.75, 3.05) is 0 Å². The first-order valence-corrected chi connectivity index (χ1v) is 11.7. The number of sulfonamides is 1. The molecule has 1 N–H and O–H groups in total. The third kappa shape index (κ3) is 4.30. The molecule has 7 nitrogen and oxygen atoms in total. The molecule has 0 saturated heterocycles. The van der Waals surface area contributed by atoms with Gasteiger partial charge in [0.2, 0.25) is 10.0 Å². The van der Waals surface area contributed by atoms with Crippen LogP contribution >= 0.6 is 0 Å². The van der Waals surface area contributed by atoms with Crippen LogP contribution in [0.2, 0.25) is 0 Å². The van der Waals surface area contributed by atoms with Gasteiger partial charge in [0, 0.05) is 11.4 Å². The second kappa shape index (κ2) is 8.39. The molecule has 0 radical (unpaired) electrons. The normalized spacial score (nSPS) is 16.2. The molecule has 2 heterocycles. The van der Waals surface area contributed by atoms with Crippen LogP contribution in [0.4, 0.5) is 17.6 Å². The van der Waals surface area contributed by atoms with Crippen molar-refractivity contribution in [3.8, 4) is 17.6 Å². The van der Waals surface area contributed by atoms with E-state index in [1.807, 2.05) is 4.57 Å². The Kier molecular flexibility index (Phi) is 5.88. The highest BCUT2D eigenvalue weighted by Gasteiger charge is 2.39. The van der Waals surface area contributed by atoms with Crippen LogP contribution in [-0.2, 0) is 10.0 Å². The van der Waals surface area contributed by atoms with Gasteiger partial charge in [-0.05, 0) is 38.0 Å². The van der Waals surface area contributed by atoms with Crippen molar-refractivity contribution in [2.24, 2.45) is 0 Å². The molecule has 0 amide bonds. The van der Waals surface area contributed by atoms with Gasteiger partial charge in [0.1, 0.15) is 28.5 Å². The van der Waals surface area contributed by atoms with E-state index in [0.29, 0.717) is 23.5 Å². The minimum atomic E-state index is -4.76. The number of nitrogens with zero attached hydrogens (tertiary/aromatic N) is 4. The number of nitriles is 1. The lowest BCUT2D eigenvalue weighted by atomic mass is 10.1. The second-order valence-corrected chi connectivity index (χ2v) is 9.65. The maximum Gasteiger partial charge on any atom is 0.404 e. The lowest BCUT2D eigenvalue weighted by Crippen LogP contribution is -2.43. The Balaban J connectivity index is 1.81. The molecule has 0 unspecified atom stereocenters. The predicted molar refractivity (Wildman–Crippen MR) is 111 cm³/mol. The predicted octanol–water partition coefficient (Wildman–Crippen LogP) is 4.45. The molecule has 174 valence electrons. The van der Waals surface area contributed by atoms with Crippen LogP contribution in [0.5, 0.6) is 0 Å². The Labute approximate surface area is 187 Å². The summed E-state index contributed by atoms with van der Waals surface area (Å²) < 4.78 is 80.4. The SMILES string of the molecule is C[C@H](NS(=O)(=O)c1cnc(-c2c(C#N)c3ccc(F)cc3n2C2CCCC2)nc1)C(F)(F)F. The Morgan fingerprint density at radius 1 is 1.21 bits per heavy atom. The molecule has 0 aliphatic heterocycles. The summed E-state index contributed by atoms with van der Waals surface area (Å²) in [5.41, 5.74) is 1.05. The summed E-state index contributed by atoms with van der Waals surface area (Å²) in [6.07, 6.45) is 0.573. The number of fused-ring (bicyclic) bond motifs is 1. The minimum Gasteiger partial charge on any atom is -0.334 e. The third-order valence-corrected chi connectivity index (χ3v) is 7.24. The highest BCUT2D eigenvalue weighted by molar-refractivity contribution is 7.89. The first kappa shape index (κ1) is 23.1. The van der Waals surface area contributed by atoms with E-state index < -0.39 is 33.0 Å². The Bertz CT molecular complexity index is 1340. The zero-order chi connectivity index (χ0) is 24.0. The Morgan fingerprint density at radius 3 is 2.42 bits per heavy atom. The third-order valence-electron chi connectivity index (χ3n) is 5.74. The quantitative estimate of drug-likeness (QED) is 0.543. The van der Waals surface area contributed by atoms with Gasteiger partial charge >= 0.3 is 6.18 Å². The molecule has 4 rings (SSSR count). The van der Waals surface area contributed by atoms with Crippen LogP contribution in [0.25, 0.3) is 22.4 Å². The van der Waals surface area contributed by atoms with E-state index in [-0.39, 0.29) is 17.4 Å².